The summed E-state index contributed by atoms with van der Waals surface area (Å²) in [6.07, 6.45) is 3.09. The molecule has 0 aliphatic carbocycles. The monoisotopic (exact) mass is 276 g/mol. The maximum atomic E-state index is 11.2. The molecule has 4 heteroatoms. The first kappa shape index (κ1) is 14.8. The molecule has 1 fully saturated rings. The Morgan fingerprint density at radius 1 is 1.40 bits per heavy atom. The summed E-state index contributed by atoms with van der Waals surface area (Å²) in [5, 5.41) is 9.20. The second kappa shape index (κ2) is 6.25. The van der Waals surface area contributed by atoms with Crippen LogP contribution in [0.4, 0.5) is 5.82 Å². The molecule has 2 rings (SSSR count). The van der Waals surface area contributed by atoms with E-state index >= 15 is 0 Å². The second-order valence-corrected chi connectivity index (χ2v) is 5.93. The molecule has 1 aromatic heterocycles. The number of anilines is 1. The lowest BCUT2D eigenvalue weighted by Gasteiger charge is -2.34. The van der Waals surface area contributed by atoms with Crippen molar-refractivity contribution in [1.29, 1.82) is 0 Å². The van der Waals surface area contributed by atoms with E-state index in [1.807, 2.05) is 6.92 Å². The lowest BCUT2D eigenvalue weighted by Crippen LogP contribution is -2.36. The van der Waals surface area contributed by atoms with Gasteiger partial charge in [-0.1, -0.05) is 20.8 Å². The number of aromatic carboxylic acids is 1. The minimum atomic E-state index is -0.875. The zero-order chi connectivity index (χ0) is 14.7. The Labute approximate surface area is 120 Å². The molecule has 0 atom stereocenters. The maximum absolute atomic E-state index is 11.2. The molecule has 1 saturated heterocycles. The number of aryl methyl sites for hydroxylation is 1. The number of nitrogens with zero attached hydrogens (tertiary/aromatic N) is 2. The highest BCUT2D eigenvalue weighted by Gasteiger charge is 2.23. The number of carboxylic acids is 1. The first-order valence-corrected chi connectivity index (χ1v) is 7.50. The molecule has 0 amide bonds. The summed E-state index contributed by atoms with van der Waals surface area (Å²) in [6.45, 7) is 8.50. The number of hydrogen-bond acceptors (Lipinski definition) is 3. The molecule has 20 heavy (non-hydrogen) atoms. The summed E-state index contributed by atoms with van der Waals surface area (Å²) >= 11 is 0. The van der Waals surface area contributed by atoms with E-state index in [1.54, 1.807) is 12.1 Å². The van der Waals surface area contributed by atoms with Crippen molar-refractivity contribution < 1.29 is 9.90 Å². The van der Waals surface area contributed by atoms with E-state index in [9.17, 15) is 9.90 Å². The molecule has 0 bridgehead atoms. The van der Waals surface area contributed by atoms with Crippen molar-refractivity contribution in [3.63, 3.8) is 0 Å². The van der Waals surface area contributed by atoms with Gasteiger partial charge in [-0.05, 0) is 43.2 Å². The van der Waals surface area contributed by atoms with Gasteiger partial charge in [0.2, 0.25) is 0 Å². The third-order valence-corrected chi connectivity index (χ3v) is 4.28. The third kappa shape index (κ3) is 3.30. The lowest BCUT2D eigenvalue weighted by atomic mass is 9.87. The van der Waals surface area contributed by atoms with Crippen LogP contribution in [0.2, 0.25) is 0 Å². The fourth-order valence-corrected chi connectivity index (χ4v) is 2.83. The average molecular weight is 276 g/mol. The fraction of sp³-hybridized carbons (Fsp3) is 0.625. The van der Waals surface area contributed by atoms with Gasteiger partial charge in [0.15, 0.2) is 0 Å². The van der Waals surface area contributed by atoms with E-state index in [0.29, 0.717) is 5.56 Å². The molecule has 2 heterocycles. The highest BCUT2D eigenvalue weighted by Crippen LogP contribution is 2.27. The highest BCUT2D eigenvalue weighted by molar-refractivity contribution is 5.88. The molecule has 0 spiro atoms. The van der Waals surface area contributed by atoms with Crippen LogP contribution in [-0.2, 0) is 6.42 Å². The van der Waals surface area contributed by atoms with Crippen LogP contribution in [0.15, 0.2) is 12.1 Å². The molecule has 4 nitrogen and oxygen atoms in total. The number of hydrogen-bond donors (Lipinski definition) is 1. The van der Waals surface area contributed by atoms with Gasteiger partial charge in [-0.15, -0.1) is 0 Å². The van der Waals surface area contributed by atoms with Crippen molar-refractivity contribution in [2.24, 2.45) is 11.8 Å². The van der Waals surface area contributed by atoms with E-state index < -0.39 is 5.97 Å². The smallest absolute Gasteiger partial charge is 0.335 e. The van der Waals surface area contributed by atoms with Gasteiger partial charge in [-0.2, -0.15) is 0 Å². The number of pyridine rings is 1. The van der Waals surface area contributed by atoms with E-state index in [4.69, 9.17) is 0 Å². The molecule has 1 aliphatic heterocycles. The van der Waals surface area contributed by atoms with E-state index in [2.05, 4.69) is 23.7 Å². The van der Waals surface area contributed by atoms with Gasteiger partial charge in [0.1, 0.15) is 5.82 Å². The molecule has 0 aromatic carbocycles. The Hall–Kier alpha value is -1.58. The lowest BCUT2D eigenvalue weighted by molar-refractivity contribution is 0.0696. The highest BCUT2D eigenvalue weighted by atomic mass is 16.4. The quantitative estimate of drug-likeness (QED) is 0.917. The van der Waals surface area contributed by atoms with Crippen LogP contribution in [0.5, 0.6) is 0 Å². The number of rotatable bonds is 4. The first-order chi connectivity index (χ1) is 9.51. The Morgan fingerprint density at radius 2 is 2.05 bits per heavy atom. The van der Waals surface area contributed by atoms with Crippen molar-refractivity contribution in [2.75, 3.05) is 18.0 Å². The number of carboxylic acid groups (broad SMARTS) is 1. The topological polar surface area (TPSA) is 53.4 Å². The number of piperidine rings is 1. The van der Waals surface area contributed by atoms with Gasteiger partial charge < -0.3 is 10.0 Å². The van der Waals surface area contributed by atoms with Gasteiger partial charge in [-0.25, -0.2) is 9.78 Å². The molecule has 110 valence electrons. The van der Waals surface area contributed by atoms with Gasteiger partial charge in [-0.3, -0.25) is 0 Å². The molecular weight excluding hydrogens is 252 g/mol. The van der Waals surface area contributed by atoms with Crippen LogP contribution >= 0.6 is 0 Å². The molecule has 1 N–H and O–H groups in total. The fourth-order valence-electron chi connectivity index (χ4n) is 2.83. The average Bonchev–Trinajstić information content (AvgIpc) is 2.46. The van der Waals surface area contributed by atoms with Crippen LogP contribution in [0.25, 0.3) is 0 Å². The van der Waals surface area contributed by atoms with Crippen molar-refractivity contribution >= 4 is 11.8 Å². The molecule has 0 saturated carbocycles. The summed E-state index contributed by atoms with van der Waals surface area (Å²) in [5.41, 5.74) is 1.20. The van der Waals surface area contributed by atoms with Crippen molar-refractivity contribution in [3.8, 4) is 0 Å². The van der Waals surface area contributed by atoms with Crippen LogP contribution in [0, 0.1) is 11.8 Å². The Kier molecular flexibility index (Phi) is 4.63. The van der Waals surface area contributed by atoms with Crippen LogP contribution in [0.1, 0.15) is 49.7 Å². The van der Waals surface area contributed by atoms with Gasteiger partial charge in [0.25, 0.3) is 0 Å². The summed E-state index contributed by atoms with van der Waals surface area (Å²) in [4.78, 5) is 18.0. The minimum absolute atomic E-state index is 0.345. The summed E-state index contributed by atoms with van der Waals surface area (Å²) in [5.74, 6) is 1.45. The van der Waals surface area contributed by atoms with Crippen LogP contribution in [0.3, 0.4) is 0 Å². The van der Waals surface area contributed by atoms with Gasteiger partial charge >= 0.3 is 5.97 Å². The Balaban J connectivity index is 2.17. The number of aromatic nitrogens is 1. The van der Waals surface area contributed by atoms with E-state index in [1.165, 1.54) is 0 Å². The van der Waals surface area contributed by atoms with Crippen LogP contribution < -0.4 is 4.90 Å². The van der Waals surface area contributed by atoms with E-state index in [0.717, 1.165) is 55.7 Å². The third-order valence-electron chi connectivity index (χ3n) is 4.28. The Morgan fingerprint density at radius 3 is 2.55 bits per heavy atom. The SMILES string of the molecule is CCc1cc(C(=O)O)cc(N2CCC(C(C)C)CC2)n1. The summed E-state index contributed by atoms with van der Waals surface area (Å²) in [6, 6.07) is 3.38. The second-order valence-electron chi connectivity index (χ2n) is 5.93. The normalized spacial score (nSPS) is 16.7. The van der Waals surface area contributed by atoms with Gasteiger partial charge in [0.05, 0.1) is 5.56 Å². The standard InChI is InChI=1S/C16H24N2O2/c1-4-14-9-13(16(19)20)10-15(17-14)18-7-5-12(6-8-18)11(2)3/h9-12H,4-8H2,1-3H3,(H,19,20). The van der Waals surface area contributed by atoms with Gasteiger partial charge in [0, 0.05) is 18.8 Å². The van der Waals surface area contributed by atoms with Crippen molar-refractivity contribution in [1.82, 2.24) is 4.98 Å². The minimum Gasteiger partial charge on any atom is -0.478 e. The molecular formula is C16H24N2O2. The molecule has 1 aliphatic rings. The predicted octanol–water partition coefficient (Wildman–Crippen LogP) is 3.21. The molecule has 0 unspecified atom stereocenters. The largest absolute Gasteiger partial charge is 0.478 e. The zero-order valence-corrected chi connectivity index (χ0v) is 12.6. The Bertz CT molecular complexity index is 477. The molecule has 1 aromatic rings. The molecule has 0 radical (unpaired) electrons. The zero-order valence-electron chi connectivity index (χ0n) is 12.6. The van der Waals surface area contributed by atoms with Crippen molar-refractivity contribution in [3.05, 3.63) is 23.4 Å². The summed E-state index contributed by atoms with van der Waals surface area (Å²) < 4.78 is 0. The predicted molar refractivity (Wildman–Crippen MR) is 80.3 cm³/mol. The maximum Gasteiger partial charge on any atom is 0.335 e. The number of carbonyl (C=O) groups is 1. The first-order valence-electron chi connectivity index (χ1n) is 7.50. The summed E-state index contributed by atoms with van der Waals surface area (Å²) in [7, 11) is 0. The van der Waals surface area contributed by atoms with E-state index in [-0.39, 0.29) is 0 Å². The van der Waals surface area contributed by atoms with Crippen LogP contribution in [-0.4, -0.2) is 29.1 Å². The van der Waals surface area contributed by atoms with Crippen molar-refractivity contribution in [2.45, 2.75) is 40.0 Å².